The number of aliphatic hydroxyl groups is 1. The zero-order valence-corrected chi connectivity index (χ0v) is 10.9. The highest BCUT2D eigenvalue weighted by atomic mass is 31.1. The molecule has 9 heteroatoms. The Labute approximate surface area is 101 Å². The van der Waals surface area contributed by atoms with Gasteiger partial charge in [0.2, 0.25) is 0 Å². The van der Waals surface area contributed by atoms with E-state index >= 15 is 0 Å². The van der Waals surface area contributed by atoms with Gasteiger partial charge in [0.25, 0.3) is 0 Å². The lowest BCUT2D eigenvalue weighted by Gasteiger charge is -2.26. The minimum absolute atomic E-state index is 0.00125. The molecule has 0 spiro atoms. The summed E-state index contributed by atoms with van der Waals surface area (Å²) in [6, 6.07) is 0. The van der Waals surface area contributed by atoms with Crippen molar-refractivity contribution in [2.24, 2.45) is 5.92 Å². The molecule has 1 aliphatic carbocycles. The van der Waals surface area contributed by atoms with E-state index in [1.165, 1.54) is 0 Å². The lowest BCUT2D eigenvalue weighted by molar-refractivity contribution is -0.323. The van der Waals surface area contributed by atoms with Crippen LogP contribution >= 0.6 is 16.5 Å². The molecule has 0 saturated heterocycles. The highest BCUT2D eigenvalue weighted by Crippen LogP contribution is 2.38. The summed E-state index contributed by atoms with van der Waals surface area (Å²) < 4.78 is 29.1. The van der Waals surface area contributed by atoms with Crippen LogP contribution in [0.2, 0.25) is 0 Å². The molecule has 0 aromatic rings. The maximum Gasteiger partial charge on any atom is 0.494 e. The summed E-state index contributed by atoms with van der Waals surface area (Å²) in [5.74, 6) is -2.59. The van der Waals surface area contributed by atoms with Crippen LogP contribution in [0, 0.1) is 5.92 Å². The maximum absolute atomic E-state index is 10.4. The van der Waals surface area contributed by atoms with Crippen molar-refractivity contribution in [1.29, 1.82) is 0 Å². The molecule has 0 bridgehead atoms. The first kappa shape index (κ1) is 15.1. The quantitative estimate of drug-likeness (QED) is 0.562. The first-order chi connectivity index (χ1) is 7.91. The fraction of sp³-hybridized carbons (Fsp3) is 1.00. The standard InChI is InChI=1S/C8H14O7P2/c9-8(14-16(10)11,15-17(12)13)6-7-4-2-1-3-5-7/h7,9H,1-6H2. The predicted octanol–water partition coefficient (Wildman–Crippen LogP) is 0.671. The Morgan fingerprint density at radius 3 is 2.00 bits per heavy atom. The van der Waals surface area contributed by atoms with Crippen molar-refractivity contribution in [3.8, 4) is 0 Å². The van der Waals surface area contributed by atoms with Crippen molar-refractivity contribution in [2.75, 3.05) is 0 Å². The van der Waals surface area contributed by atoms with Crippen LogP contribution in [0.15, 0.2) is 0 Å². The third-order valence-electron chi connectivity index (χ3n) is 2.71. The van der Waals surface area contributed by atoms with Gasteiger partial charge in [-0.1, -0.05) is 41.2 Å². The summed E-state index contributed by atoms with van der Waals surface area (Å²) >= 11 is 0. The molecule has 1 N–H and O–H groups in total. The molecule has 0 radical (unpaired) electrons. The summed E-state index contributed by atoms with van der Waals surface area (Å²) in [6.07, 6.45) is 4.43. The summed E-state index contributed by atoms with van der Waals surface area (Å²) in [6.45, 7) is 0. The minimum Gasteiger partial charge on any atom is -0.566 e. The molecule has 17 heavy (non-hydrogen) atoms. The number of rotatable bonds is 6. The first-order valence-electron chi connectivity index (χ1n) is 5.31. The molecule has 1 saturated carbocycles. The largest absolute Gasteiger partial charge is 0.566 e. The van der Waals surface area contributed by atoms with Crippen molar-refractivity contribution in [1.82, 2.24) is 0 Å². The van der Waals surface area contributed by atoms with Crippen molar-refractivity contribution >= 4 is 16.5 Å². The van der Waals surface area contributed by atoms with E-state index in [0.29, 0.717) is 0 Å². The molecule has 1 aliphatic rings. The van der Waals surface area contributed by atoms with Crippen LogP contribution in [-0.2, 0) is 18.2 Å². The molecule has 1 fully saturated rings. The average molecular weight is 284 g/mol. The van der Waals surface area contributed by atoms with E-state index in [9.17, 15) is 24.0 Å². The van der Waals surface area contributed by atoms with Gasteiger partial charge in [-0.05, 0) is 15.0 Å². The van der Waals surface area contributed by atoms with Gasteiger partial charge in [0.05, 0.1) is 0 Å². The molecule has 2 atom stereocenters. The minimum atomic E-state index is -3.39. The van der Waals surface area contributed by atoms with Gasteiger partial charge in [-0.15, -0.1) is 0 Å². The summed E-state index contributed by atoms with van der Waals surface area (Å²) in [7, 11) is -6.78. The monoisotopic (exact) mass is 284 g/mol. The predicted molar refractivity (Wildman–Crippen MR) is 53.5 cm³/mol. The second-order valence-corrected chi connectivity index (χ2v) is 5.31. The van der Waals surface area contributed by atoms with E-state index in [4.69, 9.17) is 0 Å². The SMILES string of the molecule is O=[P+]([O-])OC(O)(CC1CCCCC1)O[P+](=O)[O-]. The van der Waals surface area contributed by atoms with Gasteiger partial charge in [-0.2, -0.15) is 0 Å². The van der Waals surface area contributed by atoms with Crippen LogP contribution in [0.5, 0.6) is 0 Å². The van der Waals surface area contributed by atoms with Gasteiger partial charge in [0.1, 0.15) is 0 Å². The lowest BCUT2D eigenvalue weighted by atomic mass is 9.86. The Balaban J connectivity index is 2.60. The van der Waals surface area contributed by atoms with Gasteiger partial charge in [-0.3, -0.25) is 0 Å². The van der Waals surface area contributed by atoms with E-state index in [0.717, 1.165) is 32.1 Å². The zero-order valence-electron chi connectivity index (χ0n) is 9.11. The van der Waals surface area contributed by atoms with E-state index in [1.54, 1.807) is 0 Å². The summed E-state index contributed by atoms with van der Waals surface area (Å²) in [5, 5.41) is 9.69. The van der Waals surface area contributed by atoms with Crippen molar-refractivity contribution < 1.29 is 33.1 Å². The Hall–Kier alpha value is -0.0000000000000000486. The molecule has 0 amide bonds. The second-order valence-electron chi connectivity index (χ2n) is 4.05. The molecular formula is C8H14O7P2. The molecule has 0 aromatic heterocycles. The molecule has 0 aliphatic heterocycles. The normalized spacial score (nSPS) is 23.0. The van der Waals surface area contributed by atoms with Crippen molar-refractivity contribution in [2.45, 2.75) is 44.5 Å². The van der Waals surface area contributed by atoms with E-state index in [1.807, 2.05) is 0 Å². The third-order valence-corrected chi connectivity index (χ3v) is 3.57. The Kier molecular flexibility index (Phi) is 6.03. The molecule has 1 rings (SSSR count). The van der Waals surface area contributed by atoms with E-state index in [2.05, 4.69) is 9.05 Å². The maximum atomic E-state index is 10.4. The van der Waals surface area contributed by atoms with Crippen molar-refractivity contribution in [3.63, 3.8) is 0 Å². The highest BCUT2D eigenvalue weighted by molar-refractivity contribution is 7.31. The molecule has 98 valence electrons. The van der Waals surface area contributed by atoms with Gasteiger partial charge >= 0.3 is 22.5 Å². The van der Waals surface area contributed by atoms with Crippen LogP contribution < -0.4 is 9.79 Å². The Morgan fingerprint density at radius 1 is 1.12 bits per heavy atom. The highest BCUT2D eigenvalue weighted by Gasteiger charge is 2.44. The van der Waals surface area contributed by atoms with E-state index < -0.39 is 22.5 Å². The molecule has 2 unspecified atom stereocenters. The van der Waals surface area contributed by atoms with Crippen LogP contribution in [0.4, 0.5) is 0 Å². The number of hydrogen-bond acceptors (Lipinski definition) is 7. The second kappa shape index (κ2) is 6.81. The Bertz CT molecular complexity index is 274. The topological polar surface area (TPSA) is 119 Å². The van der Waals surface area contributed by atoms with Crippen LogP contribution in [0.25, 0.3) is 0 Å². The van der Waals surface area contributed by atoms with Crippen LogP contribution in [0.3, 0.4) is 0 Å². The number of hydrogen-bond donors (Lipinski definition) is 1. The van der Waals surface area contributed by atoms with Crippen molar-refractivity contribution in [3.05, 3.63) is 0 Å². The first-order valence-corrected chi connectivity index (χ1v) is 7.50. The lowest BCUT2D eigenvalue weighted by Crippen LogP contribution is -2.36. The molecular weight excluding hydrogens is 270 g/mol. The molecule has 7 nitrogen and oxygen atoms in total. The van der Waals surface area contributed by atoms with Crippen LogP contribution in [-0.4, -0.2) is 11.1 Å². The summed E-state index contributed by atoms with van der Waals surface area (Å²) in [5.41, 5.74) is 0. The zero-order chi connectivity index (χ0) is 12.9. The Morgan fingerprint density at radius 2 is 1.59 bits per heavy atom. The summed E-state index contributed by atoms with van der Waals surface area (Å²) in [4.78, 5) is 20.8. The fourth-order valence-electron chi connectivity index (χ4n) is 2.08. The smallest absolute Gasteiger partial charge is 0.494 e. The van der Waals surface area contributed by atoms with Gasteiger partial charge in [0.15, 0.2) is 0 Å². The molecule has 0 heterocycles. The fourth-order valence-corrected chi connectivity index (χ4v) is 2.83. The van der Waals surface area contributed by atoms with Gasteiger partial charge in [0, 0.05) is 6.42 Å². The van der Waals surface area contributed by atoms with Gasteiger partial charge < -0.3 is 14.9 Å². The average Bonchev–Trinajstić information content (AvgIpc) is 2.15. The third kappa shape index (κ3) is 5.93. The van der Waals surface area contributed by atoms with Gasteiger partial charge in [-0.25, -0.2) is 0 Å². The van der Waals surface area contributed by atoms with Crippen LogP contribution in [0.1, 0.15) is 38.5 Å². The van der Waals surface area contributed by atoms with E-state index in [-0.39, 0.29) is 12.3 Å². The molecule has 0 aromatic carbocycles.